The molecule has 22 N–H and O–H groups in total. The number of aliphatic hydroxyl groups excluding tert-OH is 4. The van der Waals surface area contributed by atoms with Crippen LogP contribution >= 0.6 is 0 Å². The van der Waals surface area contributed by atoms with Gasteiger partial charge in [0, 0.05) is 6.54 Å². The summed E-state index contributed by atoms with van der Waals surface area (Å²) in [4.78, 5) is 199. The molecule has 0 aromatic heterocycles. The first-order valence-corrected chi connectivity index (χ1v) is 34.0. The van der Waals surface area contributed by atoms with Crippen molar-refractivity contribution in [1.29, 1.82) is 0 Å². The van der Waals surface area contributed by atoms with Crippen molar-refractivity contribution in [3.05, 3.63) is 35.9 Å². The number of aliphatic carboxylic acids is 1. The van der Waals surface area contributed by atoms with Crippen LogP contribution in [0.4, 0.5) is 18.0 Å². The third kappa shape index (κ3) is 32.6. The van der Waals surface area contributed by atoms with E-state index in [1.807, 2.05) is 10.6 Å². The van der Waals surface area contributed by atoms with Gasteiger partial charge in [0.25, 0.3) is 0 Å². The predicted octanol–water partition coefficient (Wildman–Crippen LogP) is -2.85. The standard InChI is InChI=1S/C64H107N15O19.C2HF3O2/c1-16-34(10)42-55(90)76-43(35(11)81)54(89)69-28-41(82)74-45(48(84)50(65)85)57(92)72-40(29-80)59(94)97-49(36-21-18-17-19-22-36)46(78-53(88)39(26-31(4)5)73-60(95)64(15,27-32(6)7)79-62(96)98-63(12,13)14)58(93)77-44(47(83)33(8)9)56(91)71-38(25-30(2)3)52(87)70-37(51(86)75-42)23-20-24-68-61(66)67;3-2(4,5)1(6)7/h17-19,21-22,30-35,37-40,42-49,80-81,83-84H,16,20,23-29H2,1-15H3,(H2,65,85)(H,69,89)(H,70,87)(H,71,91)(H,72,92)(H,73,95)(H,74,82)(H,75,86)(H,76,90)(H,77,93)(H,78,88)(H,79,96)(H4,66,67,68);(H,6,7)/t34-,35-,37+,38-,39-,40-,42-,43-,44-,45-,46-,47+,48-,49+,64-;/m0./s1. The highest BCUT2D eigenvalue weighted by Gasteiger charge is 2.46. The average Bonchev–Trinajstić information content (AvgIpc) is 0.817. The number of carboxylic acid groups (broad SMARTS) is 1. The first-order valence-electron chi connectivity index (χ1n) is 34.0. The Morgan fingerprint density at radius 1 is 0.676 bits per heavy atom. The van der Waals surface area contributed by atoms with Gasteiger partial charge in [-0.25, -0.2) is 14.4 Å². The van der Waals surface area contributed by atoms with Gasteiger partial charge in [-0.1, -0.05) is 106 Å². The van der Waals surface area contributed by atoms with Gasteiger partial charge in [-0.2, -0.15) is 13.2 Å². The van der Waals surface area contributed by atoms with Crippen LogP contribution in [0.5, 0.6) is 0 Å². The Hall–Kier alpha value is -9.50. The van der Waals surface area contributed by atoms with Gasteiger partial charge in [-0.3, -0.25) is 57.7 Å². The summed E-state index contributed by atoms with van der Waals surface area (Å²) in [6.07, 6.45) is -14.6. The van der Waals surface area contributed by atoms with Crippen LogP contribution in [-0.4, -0.2) is 224 Å². The number of carbonyl (C=O) groups excluding carboxylic acids is 13. The maximum absolute atomic E-state index is 15.6. The summed E-state index contributed by atoms with van der Waals surface area (Å²) in [5.41, 5.74) is 13.6. The van der Waals surface area contributed by atoms with Crippen molar-refractivity contribution in [2.75, 3.05) is 19.7 Å². The van der Waals surface area contributed by atoms with E-state index in [0.717, 1.165) is 6.92 Å². The van der Waals surface area contributed by atoms with Gasteiger partial charge >= 0.3 is 24.2 Å². The molecule has 2 rings (SSSR count). The minimum atomic E-state index is -5.08. The highest BCUT2D eigenvalue weighted by atomic mass is 19.4. The summed E-state index contributed by atoms with van der Waals surface area (Å²) < 4.78 is 43.2. The van der Waals surface area contributed by atoms with Crippen LogP contribution in [-0.2, 0) is 71.8 Å². The number of hydrogen-bond donors (Lipinski definition) is 19. The number of nitrogens with zero attached hydrogens (tertiary/aromatic N) is 1. The molecule has 39 heteroatoms. The molecule has 1 aliphatic rings. The van der Waals surface area contributed by atoms with Crippen molar-refractivity contribution in [3.8, 4) is 0 Å². The van der Waals surface area contributed by atoms with Crippen molar-refractivity contribution in [2.45, 2.75) is 238 Å². The number of carboxylic acids is 1. The number of benzene rings is 1. The lowest BCUT2D eigenvalue weighted by atomic mass is 9.89. The van der Waals surface area contributed by atoms with Gasteiger partial charge in [-0.05, 0) is 102 Å². The SMILES string of the molecule is CC[C@H](C)[C@@H]1NC(=O)[C@@H](CCCN=C(N)N)NC(=O)[C@H](CC(C)C)NC(=O)[C@H]([C@H](O)C(C)C)NC(=O)[C@@H](NC(=O)[C@H](CC(C)C)NC(=O)[C@](C)(CC(C)C)NC(=O)OC(C)(C)C)[C@@H](c2ccccc2)OC(=O)[C@H](CO)NC(=O)[C@H]([C@H](O)C(N)=O)NC(=O)CNC(=O)[C@H]([C@H](C)O)NC1=O.O=C(O)C(F)(F)F. The lowest BCUT2D eigenvalue weighted by Gasteiger charge is -2.35. The Balaban J connectivity index is 0.00000746. The fraction of sp³-hybridized carbons (Fsp3) is 0.682. The summed E-state index contributed by atoms with van der Waals surface area (Å²) >= 11 is 0. The number of nitrogens with one attached hydrogen (secondary N) is 11. The summed E-state index contributed by atoms with van der Waals surface area (Å²) in [5.74, 6) is -20.8. The number of halogens is 3. The fourth-order valence-electron chi connectivity index (χ4n) is 10.2. The Labute approximate surface area is 606 Å². The van der Waals surface area contributed by atoms with Crippen molar-refractivity contribution in [1.82, 2.24) is 58.5 Å². The monoisotopic (exact) mass is 1500 g/mol. The number of amides is 12. The second kappa shape index (κ2) is 43.1. The molecule has 105 heavy (non-hydrogen) atoms. The first-order chi connectivity index (χ1) is 48.4. The van der Waals surface area contributed by atoms with E-state index in [1.54, 1.807) is 76.2 Å². The maximum atomic E-state index is 15.6. The van der Waals surface area contributed by atoms with Crippen molar-refractivity contribution in [2.24, 2.45) is 51.8 Å². The molecule has 1 fully saturated rings. The van der Waals surface area contributed by atoms with Crippen LogP contribution in [0.1, 0.15) is 154 Å². The first kappa shape index (κ1) is 93.5. The van der Waals surface area contributed by atoms with Gasteiger partial charge < -0.3 is 111 Å². The molecule has 0 aliphatic carbocycles. The zero-order valence-electron chi connectivity index (χ0n) is 61.7. The van der Waals surface area contributed by atoms with E-state index >= 15 is 14.4 Å². The lowest BCUT2D eigenvalue weighted by molar-refractivity contribution is -0.192. The van der Waals surface area contributed by atoms with Crippen LogP contribution in [0.2, 0.25) is 0 Å². The second-order valence-corrected chi connectivity index (χ2v) is 28.1. The van der Waals surface area contributed by atoms with E-state index in [2.05, 4.69) is 52.8 Å². The van der Waals surface area contributed by atoms with E-state index < -0.39 is 216 Å². The van der Waals surface area contributed by atoms with Gasteiger partial charge in [0.05, 0.1) is 25.4 Å². The van der Waals surface area contributed by atoms with Crippen LogP contribution in [0.15, 0.2) is 35.3 Å². The molecule has 0 unspecified atom stereocenters. The minimum Gasteiger partial charge on any atom is -0.475 e. The topological polar surface area (TPSA) is 581 Å². The number of cyclic esters (lactones) is 1. The zero-order chi connectivity index (χ0) is 80.9. The van der Waals surface area contributed by atoms with Crippen LogP contribution in [0, 0.1) is 29.6 Å². The van der Waals surface area contributed by atoms with Crippen molar-refractivity contribution in [3.63, 3.8) is 0 Å². The highest BCUT2D eigenvalue weighted by Crippen LogP contribution is 2.26. The normalized spacial score (nSPS) is 23.2. The number of esters is 1. The fourth-order valence-corrected chi connectivity index (χ4v) is 10.2. The lowest BCUT2D eigenvalue weighted by Crippen LogP contribution is -2.65. The quantitative estimate of drug-likeness (QED) is 0.0214. The molecular formula is C66H108F3N15O21. The number of carbonyl (C=O) groups is 14. The third-order valence-electron chi connectivity index (χ3n) is 15.7. The average molecular weight is 1500 g/mol. The Morgan fingerprint density at radius 2 is 1.20 bits per heavy atom. The molecule has 0 radical (unpaired) electrons. The van der Waals surface area contributed by atoms with Crippen LogP contribution in [0.3, 0.4) is 0 Å². The highest BCUT2D eigenvalue weighted by molar-refractivity contribution is 6.01. The molecule has 0 spiro atoms. The molecule has 0 bridgehead atoms. The van der Waals surface area contributed by atoms with E-state index in [4.69, 9.17) is 36.6 Å². The number of guanidine groups is 1. The van der Waals surface area contributed by atoms with Gasteiger partial charge in [-0.15, -0.1) is 0 Å². The second-order valence-electron chi connectivity index (χ2n) is 28.1. The number of ether oxygens (including phenoxy) is 2. The number of rotatable bonds is 24. The number of aliphatic imine (C=N–C) groups is 1. The zero-order valence-corrected chi connectivity index (χ0v) is 61.7. The van der Waals surface area contributed by atoms with Crippen LogP contribution in [0.25, 0.3) is 0 Å². The molecular weight excluding hydrogens is 1400 g/mol. The van der Waals surface area contributed by atoms with Gasteiger partial charge in [0.15, 0.2) is 24.2 Å². The summed E-state index contributed by atoms with van der Waals surface area (Å²) in [7, 11) is 0. The van der Waals surface area contributed by atoms with Crippen LogP contribution < -0.4 is 75.7 Å². The Morgan fingerprint density at radius 3 is 1.69 bits per heavy atom. The molecule has 1 saturated heterocycles. The van der Waals surface area contributed by atoms with Gasteiger partial charge in [0.1, 0.15) is 59.5 Å². The number of nitrogens with two attached hydrogens (primary N) is 3. The largest absolute Gasteiger partial charge is 0.490 e. The molecule has 1 aromatic carbocycles. The smallest absolute Gasteiger partial charge is 0.475 e. The number of alkyl halides is 3. The van der Waals surface area contributed by atoms with Crippen molar-refractivity contribution < 1.29 is 115 Å². The van der Waals surface area contributed by atoms with E-state index in [9.17, 15) is 81.5 Å². The molecule has 12 amide bonds. The van der Waals surface area contributed by atoms with Gasteiger partial charge in [0.2, 0.25) is 65.0 Å². The predicted molar refractivity (Wildman–Crippen MR) is 370 cm³/mol. The Kier molecular flexibility index (Phi) is 38.4. The summed E-state index contributed by atoms with van der Waals surface area (Å²) in [5, 5.41) is 78.2. The number of aliphatic hydroxyl groups is 4. The minimum absolute atomic E-state index is 0.00254. The molecule has 1 aromatic rings. The number of alkyl carbamates (subject to hydrolysis) is 1. The Bertz CT molecular complexity index is 3170. The molecule has 1 heterocycles. The summed E-state index contributed by atoms with van der Waals surface area (Å²) in [6.45, 7) is 21.3. The van der Waals surface area contributed by atoms with E-state index in [0.29, 0.717) is 0 Å². The summed E-state index contributed by atoms with van der Waals surface area (Å²) in [6, 6.07) is -10.2. The van der Waals surface area contributed by atoms with Crippen molar-refractivity contribution >= 4 is 89.0 Å². The molecule has 0 saturated carbocycles. The molecule has 594 valence electrons. The number of hydrogen-bond acceptors (Lipinski definition) is 21. The molecule has 36 nitrogen and oxygen atoms in total. The number of primary amides is 1. The molecule has 15 atom stereocenters. The van der Waals surface area contributed by atoms with E-state index in [1.165, 1.54) is 51.1 Å². The molecule has 1 aliphatic heterocycles. The third-order valence-corrected chi connectivity index (χ3v) is 15.7. The van der Waals surface area contributed by atoms with E-state index in [-0.39, 0.29) is 62.5 Å². The maximum Gasteiger partial charge on any atom is 0.490 e.